The van der Waals surface area contributed by atoms with Gasteiger partial charge in [0.15, 0.2) is 0 Å². The second-order valence-electron chi connectivity index (χ2n) is 3.16. The molecule has 0 aromatic heterocycles. The van der Waals surface area contributed by atoms with E-state index in [1.165, 1.54) is 0 Å². The summed E-state index contributed by atoms with van der Waals surface area (Å²) in [5.74, 6) is 0. The molecule has 3 heteroatoms. The van der Waals surface area contributed by atoms with Crippen LogP contribution in [0.3, 0.4) is 0 Å². The van der Waals surface area contributed by atoms with E-state index < -0.39 is 10.8 Å². The van der Waals surface area contributed by atoms with E-state index in [0.717, 1.165) is 19.3 Å². The van der Waals surface area contributed by atoms with Crippen molar-refractivity contribution in [1.82, 2.24) is 0 Å². The van der Waals surface area contributed by atoms with Gasteiger partial charge in [0, 0.05) is 16.2 Å². The van der Waals surface area contributed by atoms with E-state index in [-0.39, 0.29) is 10.6 Å². The molecule has 2 rings (SSSR count). The quantitative estimate of drug-likeness (QED) is 0.421. The lowest BCUT2D eigenvalue weighted by atomic mass is 10.0. The SMILES string of the molecule is O=S1C2C=CCC1C(Cl)CC2. The minimum atomic E-state index is -0.685. The monoisotopic (exact) mass is 190 g/mol. The first-order valence-electron chi connectivity index (χ1n) is 3.99. The van der Waals surface area contributed by atoms with E-state index in [4.69, 9.17) is 11.6 Å². The molecule has 1 fully saturated rings. The third-order valence-corrected chi connectivity index (χ3v) is 5.23. The zero-order valence-corrected chi connectivity index (χ0v) is 7.77. The highest BCUT2D eigenvalue weighted by molar-refractivity contribution is 7.86. The van der Waals surface area contributed by atoms with E-state index in [1.807, 2.05) is 0 Å². The Bertz CT molecular complexity index is 214. The minimum absolute atomic E-state index is 0.150. The van der Waals surface area contributed by atoms with Gasteiger partial charge in [0.05, 0.1) is 10.5 Å². The van der Waals surface area contributed by atoms with Gasteiger partial charge in [0.2, 0.25) is 0 Å². The highest BCUT2D eigenvalue weighted by Gasteiger charge is 2.36. The van der Waals surface area contributed by atoms with E-state index >= 15 is 0 Å². The van der Waals surface area contributed by atoms with E-state index in [1.54, 1.807) is 0 Å². The molecule has 2 aliphatic heterocycles. The molecule has 4 unspecified atom stereocenters. The van der Waals surface area contributed by atoms with Crippen molar-refractivity contribution >= 4 is 22.4 Å². The zero-order chi connectivity index (χ0) is 7.84. The van der Waals surface area contributed by atoms with Gasteiger partial charge in [0.1, 0.15) is 0 Å². The van der Waals surface area contributed by atoms with Gasteiger partial charge in [0.25, 0.3) is 0 Å². The number of hydrogen-bond acceptors (Lipinski definition) is 1. The molecule has 0 amide bonds. The van der Waals surface area contributed by atoms with Crippen molar-refractivity contribution in [3.8, 4) is 0 Å². The van der Waals surface area contributed by atoms with Gasteiger partial charge in [-0.25, -0.2) is 0 Å². The molecule has 1 saturated heterocycles. The van der Waals surface area contributed by atoms with Crippen LogP contribution in [-0.4, -0.2) is 20.1 Å². The van der Waals surface area contributed by atoms with Gasteiger partial charge in [-0.1, -0.05) is 12.2 Å². The molecule has 11 heavy (non-hydrogen) atoms. The molecule has 62 valence electrons. The van der Waals surface area contributed by atoms with E-state index in [0.29, 0.717) is 5.25 Å². The number of rotatable bonds is 0. The molecule has 0 aromatic carbocycles. The maximum Gasteiger partial charge on any atom is 0.0552 e. The zero-order valence-electron chi connectivity index (χ0n) is 6.20. The molecule has 4 atom stereocenters. The predicted octanol–water partition coefficient (Wildman–Crippen LogP) is 1.83. The summed E-state index contributed by atoms with van der Waals surface area (Å²) >= 11 is 6.05. The summed E-state index contributed by atoms with van der Waals surface area (Å²) in [6.07, 6.45) is 7.18. The average molecular weight is 191 g/mol. The van der Waals surface area contributed by atoms with Crippen LogP contribution in [0.4, 0.5) is 0 Å². The maximum absolute atomic E-state index is 11.6. The highest BCUT2D eigenvalue weighted by atomic mass is 35.5. The second-order valence-corrected chi connectivity index (χ2v) is 5.59. The standard InChI is InChI=1S/C8H11ClOS/c9-7-5-4-6-2-1-3-8(7)11(6)10/h1-2,6-8H,3-5H2. The van der Waals surface area contributed by atoms with Crippen LogP contribution in [0.15, 0.2) is 12.2 Å². The normalized spacial score (nSPS) is 49.2. The van der Waals surface area contributed by atoms with Crippen LogP contribution >= 0.6 is 11.6 Å². The summed E-state index contributed by atoms with van der Waals surface area (Å²) in [4.78, 5) is 0. The fourth-order valence-corrected chi connectivity index (χ4v) is 4.12. The van der Waals surface area contributed by atoms with Gasteiger partial charge in [-0.3, -0.25) is 4.21 Å². The summed E-state index contributed by atoms with van der Waals surface area (Å²) in [5, 5.41) is 0.696. The lowest BCUT2D eigenvalue weighted by molar-refractivity contribution is 0.581. The molecule has 0 radical (unpaired) electrons. The fourth-order valence-electron chi connectivity index (χ4n) is 1.78. The van der Waals surface area contributed by atoms with E-state index in [2.05, 4.69) is 12.2 Å². The second kappa shape index (κ2) is 2.91. The van der Waals surface area contributed by atoms with Crippen LogP contribution in [0, 0.1) is 0 Å². The summed E-state index contributed by atoms with van der Waals surface area (Å²) in [5.41, 5.74) is 0. The van der Waals surface area contributed by atoms with Crippen molar-refractivity contribution in [2.45, 2.75) is 35.1 Å². The highest BCUT2D eigenvalue weighted by Crippen LogP contribution is 2.32. The Morgan fingerprint density at radius 2 is 2.27 bits per heavy atom. The Balaban J connectivity index is 2.26. The van der Waals surface area contributed by atoms with Crippen LogP contribution in [0.1, 0.15) is 19.3 Å². The first kappa shape index (κ1) is 7.81. The fraction of sp³-hybridized carbons (Fsp3) is 0.750. The number of allylic oxidation sites excluding steroid dienone is 1. The lowest BCUT2D eigenvalue weighted by Gasteiger charge is -2.33. The smallest absolute Gasteiger partial charge is 0.0552 e. The Kier molecular flexibility index (Phi) is 2.06. The topological polar surface area (TPSA) is 17.1 Å². The van der Waals surface area contributed by atoms with Gasteiger partial charge in [-0.2, -0.15) is 0 Å². The molecular weight excluding hydrogens is 180 g/mol. The number of alkyl halides is 1. The first-order valence-corrected chi connectivity index (χ1v) is 5.70. The Morgan fingerprint density at radius 1 is 1.45 bits per heavy atom. The predicted molar refractivity (Wildman–Crippen MR) is 48.4 cm³/mol. The van der Waals surface area contributed by atoms with Crippen molar-refractivity contribution < 1.29 is 4.21 Å². The maximum atomic E-state index is 11.6. The Morgan fingerprint density at radius 3 is 3.00 bits per heavy atom. The van der Waals surface area contributed by atoms with Gasteiger partial charge in [-0.05, 0) is 19.3 Å². The van der Waals surface area contributed by atoms with Crippen LogP contribution in [0.5, 0.6) is 0 Å². The molecule has 2 bridgehead atoms. The van der Waals surface area contributed by atoms with Crippen molar-refractivity contribution in [3.05, 3.63) is 12.2 Å². The molecule has 0 aliphatic carbocycles. The molecule has 0 N–H and O–H groups in total. The minimum Gasteiger partial charge on any atom is -0.259 e. The third-order valence-electron chi connectivity index (χ3n) is 2.45. The molecular formula is C8H11ClOS. The van der Waals surface area contributed by atoms with Crippen molar-refractivity contribution in [2.75, 3.05) is 0 Å². The Labute approximate surface area is 74.3 Å². The van der Waals surface area contributed by atoms with Crippen molar-refractivity contribution in [3.63, 3.8) is 0 Å². The van der Waals surface area contributed by atoms with E-state index in [9.17, 15) is 4.21 Å². The summed E-state index contributed by atoms with van der Waals surface area (Å²) < 4.78 is 11.6. The number of fused-ring (bicyclic) bond motifs is 2. The number of hydrogen-bond donors (Lipinski definition) is 0. The summed E-state index contributed by atoms with van der Waals surface area (Å²) in [7, 11) is -0.685. The number of halogens is 1. The molecule has 0 aromatic rings. The van der Waals surface area contributed by atoms with Crippen LogP contribution in [0.2, 0.25) is 0 Å². The van der Waals surface area contributed by atoms with Crippen LogP contribution in [-0.2, 0) is 10.8 Å². The Hall–Kier alpha value is 0.180. The van der Waals surface area contributed by atoms with Crippen LogP contribution < -0.4 is 0 Å². The molecule has 2 aliphatic rings. The average Bonchev–Trinajstić information content (AvgIpc) is 1.98. The van der Waals surface area contributed by atoms with Gasteiger partial charge in [-0.15, -0.1) is 11.6 Å². The lowest BCUT2D eigenvalue weighted by Crippen LogP contribution is -2.39. The third kappa shape index (κ3) is 1.27. The largest absolute Gasteiger partial charge is 0.259 e. The molecule has 0 saturated carbocycles. The molecule has 1 nitrogen and oxygen atoms in total. The van der Waals surface area contributed by atoms with Crippen LogP contribution in [0.25, 0.3) is 0 Å². The van der Waals surface area contributed by atoms with Crippen molar-refractivity contribution in [1.29, 1.82) is 0 Å². The first-order chi connectivity index (χ1) is 5.29. The molecule has 2 heterocycles. The molecule has 0 spiro atoms. The van der Waals surface area contributed by atoms with Gasteiger partial charge >= 0.3 is 0 Å². The van der Waals surface area contributed by atoms with Gasteiger partial charge < -0.3 is 0 Å². The summed E-state index contributed by atoms with van der Waals surface area (Å²) in [6.45, 7) is 0. The van der Waals surface area contributed by atoms with Crippen molar-refractivity contribution in [2.24, 2.45) is 0 Å². The summed E-state index contributed by atoms with van der Waals surface area (Å²) in [6, 6.07) is 0.